The van der Waals surface area contributed by atoms with E-state index >= 15 is 4.39 Å². The van der Waals surface area contributed by atoms with Gasteiger partial charge in [0.15, 0.2) is 11.4 Å². The number of ketones is 2. The van der Waals surface area contributed by atoms with E-state index in [4.69, 9.17) is 10.5 Å². The smallest absolute Gasteiger partial charge is 0.255 e. The second kappa shape index (κ2) is 8.87. The van der Waals surface area contributed by atoms with E-state index in [0.717, 1.165) is 0 Å². The van der Waals surface area contributed by atoms with Crippen LogP contribution in [0.15, 0.2) is 16.9 Å². The number of amides is 1. The van der Waals surface area contributed by atoms with Crippen LogP contribution in [0.4, 0.5) is 4.39 Å². The highest BCUT2D eigenvalue weighted by Crippen LogP contribution is 2.54. The number of Topliss-reactive ketones (excluding diaryl/α,β-unsaturated/α-hetero) is 2. The minimum Gasteiger partial charge on any atom is -0.508 e. The molecule has 4 aliphatic rings. The van der Waals surface area contributed by atoms with Gasteiger partial charge in [-0.25, -0.2) is 4.39 Å². The molecule has 1 fully saturated rings. The number of hydrogen-bond donors (Lipinski definition) is 5. The maximum absolute atomic E-state index is 15.8. The van der Waals surface area contributed by atoms with E-state index in [1.54, 1.807) is 7.11 Å². The molecule has 5 rings (SSSR count). The number of aromatic hydroxyl groups is 1. The number of aliphatic hydroxyl groups is 3. The molecule has 3 aliphatic carbocycles. The molecule has 6 N–H and O–H groups in total. The number of phenolic OH excluding ortho intramolecular Hbond substituents is 1. The molecule has 11 nitrogen and oxygen atoms in total. The Kier molecular flexibility index (Phi) is 6.14. The number of methoxy groups -OCH3 is 1. The summed E-state index contributed by atoms with van der Waals surface area (Å²) in [5.41, 5.74) is 1.81. The molecule has 1 saturated carbocycles. The maximum atomic E-state index is 15.8. The van der Waals surface area contributed by atoms with Crippen molar-refractivity contribution in [1.82, 2.24) is 9.80 Å². The Morgan fingerprint density at radius 2 is 1.84 bits per heavy atom. The summed E-state index contributed by atoms with van der Waals surface area (Å²) in [7, 11) is 4.58. The first-order chi connectivity index (χ1) is 17.9. The van der Waals surface area contributed by atoms with Gasteiger partial charge in [0.1, 0.15) is 28.7 Å². The van der Waals surface area contributed by atoms with Crippen LogP contribution in [0.25, 0.3) is 5.76 Å². The van der Waals surface area contributed by atoms with Crippen LogP contribution < -0.4 is 5.73 Å². The van der Waals surface area contributed by atoms with Gasteiger partial charge in [-0.1, -0.05) is 0 Å². The van der Waals surface area contributed by atoms with Crippen molar-refractivity contribution in [3.8, 4) is 5.75 Å². The lowest BCUT2D eigenvalue weighted by Crippen LogP contribution is -2.65. The summed E-state index contributed by atoms with van der Waals surface area (Å²) in [6.45, 7) is 1.34. The lowest BCUT2D eigenvalue weighted by molar-refractivity contribution is -0.153. The lowest BCUT2D eigenvalue weighted by Gasteiger charge is -2.50. The number of phenols is 1. The normalized spacial score (nSPS) is 28.9. The quantitative estimate of drug-likeness (QED) is 0.327. The van der Waals surface area contributed by atoms with E-state index in [-0.39, 0.29) is 53.9 Å². The predicted octanol–water partition coefficient (Wildman–Crippen LogP) is 0.0651. The number of halogens is 1. The minimum atomic E-state index is -2.73. The Labute approximate surface area is 217 Å². The molecule has 1 heterocycles. The number of nitrogens with two attached hydrogens (primary N) is 1. The van der Waals surface area contributed by atoms with Crippen LogP contribution in [0.3, 0.4) is 0 Å². The average molecular weight is 532 g/mol. The first-order valence-corrected chi connectivity index (χ1v) is 12.3. The van der Waals surface area contributed by atoms with Crippen LogP contribution >= 0.6 is 0 Å². The van der Waals surface area contributed by atoms with Crippen LogP contribution in [0.1, 0.15) is 28.7 Å². The Hall–Kier alpha value is -3.32. The van der Waals surface area contributed by atoms with Crippen LogP contribution in [0, 0.1) is 17.7 Å². The Morgan fingerprint density at radius 1 is 1.18 bits per heavy atom. The van der Waals surface area contributed by atoms with E-state index in [1.165, 1.54) is 19.0 Å². The maximum Gasteiger partial charge on any atom is 0.255 e. The SMILES string of the molecule is COCCN1Cc2c(O)c3c(c(F)c2C1)C[C@H]1C[C@H]2[C@H](N(C)C)C(=O)C(C(N)=O)=C(O)C2(O)C(=O)C1=C3O. The van der Waals surface area contributed by atoms with Gasteiger partial charge in [-0.15, -0.1) is 0 Å². The predicted molar refractivity (Wildman–Crippen MR) is 130 cm³/mol. The van der Waals surface area contributed by atoms with Crippen LogP contribution in [-0.2, 0) is 38.6 Å². The molecule has 4 atom stereocenters. The molecular formula is C26H30FN3O8. The van der Waals surface area contributed by atoms with Crippen molar-refractivity contribution < 1.29 is 43.9 Å². The topological polar surface area (TPSA) is 174 Å². The number of carbonyl (C=O) groups is 3. The number of ether oxygens (including phenoxy) is 1. The summed E-state index contributed by atoms with van der Waals surface area (Å²) in [5.74, 6) is -8.11. The van der Waals surface area contributed by atoms with Gasteiger partial charge in [0, 0.05) is 54.9 Å². The molecule has 1 amide bonds. The van der Waals surface area contributed by atoms with E-state index in [0.29, 0.717) is 18.7 Å². The largest absolute Gasteiger partial charge is 0.508 e. The summed E-state index contributed by atoms with van der Waals surface area (Å²) < 4.78 is 20.9. The number of rotatable bonds is 5. The first kappa shape index (κ1) is 26.3. The van der Waals surface area contributed by atoms with Crippen molar-refractivity contribution in [2.75, 3.05) is 34.4 Å². The number of likely N-dealkylation sites (N-methyl/N-ethyl adjacent to an activating group) is 1. The highest BCUT2D eigenvalue weighted by atomic mass is 19.1. The number of nitrogens with zero attached hydrogens (tertiary/aromatic N) is 2. The van der Waals surface area contributed by atoms with Crippen molar-refractivity contribution in [3.63, 3.8) is 0 Å². The third-order valence-electron chi connectivity index (χ3n) is 8.41. The Balaban J connectivity index is 1.67. The fourth-order valence-electron chi connectivity index (χ4n) is 6.66. The number of benzene rings is 1. The molecule has 0 bridgehead atoms. The van der Waals surface area contributed by atoms with E-state index in [1.807, 2.05) is 4.90 Å². The highest BCUT2D eigenvalue weighted by Gasteiger charge is 2.64. The molecule has 12 heteroatoms. The second-order valence-corrected chi connectivity index (χ2v) is 10.6. The van der Waals surface area contributed by atoms with Crippen molar-refractivity contribution in [3.05, 3.63) is 45.0 Å². The van der Waals surface area contributed by atoms with E-state index < -0.39 is 63.9 Å². The molecule has 0 aromatic heterocycles. The minimum absolute atomic E-state index is 0.0421. The number of hydrogen-bond acceptors (Lipinski definition) is 10. The fourth-order valence-corrected chi connectivity index (χ4v) is 6.66. The van der Waals surface area contributed by atoms with Gasteiger partial charge in [-0.3, -0.25) is 24.2 Å². The van der Waals surface area contributed by atoms with Gasteiger partial charge in [0.05, 0.1) is 18.2 Å². The summed E-state index contributed by atoms with van der Waals surface area (Å²) in [6.07, 6.45) is -0.178. The third-order valence-corrected chi connectivity index (χ3v) is 8.41. The number of aliphatic hydroxyl groups excluding tert-OH is 2. The zero-order valence-electron chi connectivity index (χ0n) is 21.2. The van der Waals surface area contributed by atoms with Crippen molar-refractivity contribution >= 4 is 23.2 Å². The van der Waals surface area contributed by atoms with Crippen molar-refractivity contribution in [2.24, 2.45) is 17.6 Å². The molecule has 204 valence electrons. The van der Waals surface area contributed by atoms with Gasteiger partial charge in [0.25, 0.3) is 5.91 Å². The van der Waals surface area contributed by atoms with E-state index in [2.05, 4.69) is 0 Å². The summed E-state index contributed by atoms with van der Waals surface area (Å²) in [4.78, 5) is 42.3. The van der Waals surface area contributed by atoms with Crippen LogP contribution in [-0.4, -0.2) is 93.7 Å². The van der Waals surface area contributed by atoms with Gasteiger partial charge < -0.3 is 30.9 Å². The first-order valence-electron chi connectivity index (χ1n) is 12.3. The van der Waals surface area contributed by atoms with Crippen LogP contribution in [0.2, 0.25) is 0 Å². The van der Waals surface area contributed by atoms with Crippen molar-refractivity contribution in [2.45, 2.75) is 37.6 Å². The molecular weight excluding hydrogens is 501 g/mol. The van der Waals surface area contributed by atoms with Crippen LogP contribution in [0.5, 0.6) is 5.75 Å². The summed E-state index contributed by atoms with van der Waals surface area (Å²) >= 11 is 0. The van der Waals surface area contributed by atoms with Gasteiger partial charge in [-0.2, -0.15) is 0 Å². The molecule has 1 aromatic carbocycles. The zero-order chi connectivity index (χ0) is 27.8. The summed E-state index contributed by atoms with van der Waals surface area (Å²) in [6, 6.07) is -1.19. The molecule has 0 radical (unpaired) electrons. The third kappa shape index (κ3) is 3.37. The molecule has 0 saturated heterocycles. The second-order valence-electron chi connectivity index (χ2n) is 10.6. The average Bonchev–Trinajstić information content (AvgIpc) is 3.28. The van der Waals surface area contributed by atoms with Gasteiger partial charge in [-0.05, 0) is 32.9 Å². The molecule has 1 aliphatic heterocycles. The molecule has 1 aromatic rings. The Morgan fingerprint density at radius 3 is 2.45 bits per heavy atom. The van der Waals surface area contributed by atoms with Gasteiger partial charge in [0.2, 0.25) is 5.78 Å². The Bertz CT molecular complexity index is 1350. The standard InChI is InChI=1S/C26H30FN3O8/c1-29(2)19-14-7-10-6-11-16(20(31)13-9-30(4-5-38-3)8-12(13)18(11)27)21(32)15(10)23(34)26(14,37)24(35)17(22(19)33)25(28)36/h10,14,19,31-32,35,37H,4-9H2,1-3H3,(H2,28,36)/t10-,14-,19-,26?/m0/s1. The summed E-state index contributed by atoms with van der Waals surface area (Å²) in [5, 5.41) is 44.9. The molecule has 38 heavy (non-hydrogen) atoms. The zero-order valence-corrected chi connectivity index (χ0v) is 21.2. The lowest BCUT2D eigenvalue weighted by atomic mass is 9.57. The monoisotopic (exact) mass is 531 g/mol. The van der Waals surface area contributed by atoms with Crippen molar-refractivity contribution in [1.29, 1.82) is 0 Å². The van der Waals surface area contributed by atoms with Gasteiger partial charge >= 0.3 is 0 Å². The fraction of sp³-hybridized carbons (Fsp3) is 0.500. The molecule has 0 spiro atoms. The number of primary amides is 1. The number of carbonyl (C=O) groups excluding carboxylic acids is 3. The van der Waals surface area contributed by atoms with E-state index in [9.17, 15) is 34.8 Å². The number of fused-ring (bicyclic) bond motifs is 4. The highest BCUT2D eigenvalue weighted by molar-refractivity contribution is 6.24. The molecule has 1 unspecified atom stereocenters.